The van der Waals surface area contributed by atoms with Crippen LogP contribution in [-0.4, -0.2) is 35.7 Å². The first-order valence-corrected chi connectivity index (χ1v) is 4.64. The van der Waals surface area contributed by atoms with E-state index < -0.39 is 0 Å². The second kappa shape index (κ2) is 5.94. The van der Waals surface area contributed by atoms with Crippen molar-refractivity contribution in [1.29, 1.82) is 0 Å². The van der Waals surface area contributed by atoms with Crippen LogP contribution in [0.25, 0.3) is 0 Å². The van der Waals surface area contributed by atoms with E-state index in [1.165, 1.54) is 0 Å². The lowest BCUT2D eigenvalue weighted by molar-refractivity contribution is -0.123. The summed E-state index contributed by atoms with van der Waals surface area (Å²) in [7, 11) is 0. The minimum absolute atomic E-state index is 0.0321. The summed E-state index contributed by atoms with van der Waals surface area (Å²) in [5, 5.41) is 14.5. The molecule has 4 nitrogen and oxygen atoms in total. The molecule has 0 saturated heterocycles. The summed E-state index contributed by atoms with van der Waals surface area (Å²) in [6, 6.07) is -0.154. The minimum Gasteiger partial charge on any atom is -0.395 e. The Kier molecular flexibility index (Phi) is 5.66. The van der Waals surface area contributed by atoms with Crippen molar-refractivity contribution in [2.75, 3.05) is 6.61 Å². The molecule has 0 radical (unpaired) electrons. The van der Waals surface area contributed by atoms with Gasteiger partial charge in [-0.2, -0.15) is 0 Å². The molecule has 0 spiro atoms. The second-order valence-electron chi connectivity index (χ2n) is 3.64. The van der Waals surface area contributed by atoms with Crippen molar-refractivity contribution in [2.45, 2.75) is 45.8 Å². The Labute approximate surface area is 79.7 Å². The predicted molar refractivity (Wildman–Crippen MR) is 52.4 cm³/mol. The maximum absolute atomic E-state index is 11.3. The number of hydrogen-bond acceptors (Lipinski definition) is 3. The van der Waals surface area contributed by atoms with Gasteiger partial charge in [0.05, 0.1) is 12.6 Å². The van der Waals surface area contributed by atoms with E-state index in [0.717, 1.165) is 0 Å². The van der Waals surface area contributed by atoms with Gasteiger partial charge in [-0.3, -0.25) is 4.79 Å². The lowest BCUT2D eigenvalue weighted by Crippen LogP contribution is -2.48. The maximum Gasteiger partial charge on any atom is 0.237 e. The third-order valence-corrected chi connectivity index (χ3v) is 1.63. The van der Waals surface area contributed by atoms with E-state index in [4.69, 9.17) is 5.11 Å². The van der Waals surface area contributed by atoms with Crippen molar-refractivity contribution in [1.82, 2.24) is 10.6 Å². The van der Waals surface area contributed by atoms with Crippen LogP contribution in [0.1, 0.15) is 27.7 Å². The van der Waals surface area contributed by atoms with Gasteiger partial charge < -0.3 is 15.7 Å². The second-order valence-corrected chi connectivity index (χ2v) is 3.64. The minimum atomic E-state index is -0.260. The Morgan fingerprint density at radius 1 is 1.31 bits per heavy atom. The van der Waals surface area contributed by atoms with E-state index in [1.807, 2.05) is 20.8 Å². The van der Waals surface area contributed by atoms with Gasteiger partial charge in [0.25, 0.3) is 0 Å². The summed E-state index contributed by atoms with van der Waals surface area (Å²) in [6.07, 6.45) is 0. The Hall–Kier alpha value is -0.610. The molecule has 0 bridgehead atoms. The van der Waals surface area contributed by atoms with Gasteiger partial charge in [-0.25, -0.2) is 0 Å². The van der Waals surface area contributed by atoms with Gasteiger partial charge in [-0.1, -0.05) is 0 Å². The summed E-state index contributed by atoms with van der Waals surface area (Å²) < 4.78 is 0. The van der Waals surface area contributed by atoms with E-state index in [1.54, 1.807) is 6.92 Å². The maximum atomic E-state index is 11.3. The highest BCUT2D eigenvalue weighted by atomic mass is 16.3. The molecule has 0 aliphatic carbocycles. The van der Waals surface area contributed by atoms with Crippen LogP contribution in [-0.2, 0) is 4.79 Å². The van der Waals surface area contributed by atoms with Crippen LogP contribution in [0.2, 0.25) is 0 Å². The topological polar surface area (TPSA) is 61.4 Å². The van der Waals surface area contributed by atoms with Crippen LogP contribution in [0, 0.1) is 0 Å². The molecule has 0 aromatic heterocycles. The highest BCUT2D eigenvalue weighted by Crippen LogP contribution is 1.88. The van der Waals surface area contributed by atoms with Crippen LogP contribution < -0.4 is 10.6 Å². The lowest BCUT2D eigenvalue weighted by atomic mass is 10.2. The number of aliphatic hydroxyl groups excluding tert-OH is 1. The van der Waals surface area contributed by atoms with Gasteiger partial charge in [0.15, 0.2) is 0 Å². The quantitative estimate of drug-likeness (QED) is 0.563. The molecule has 3 N–H and O–H groups in total. The largest absolute Gasteiger partial charge is 0.395 e. The summed E-state index contributed by atoms with van der Waals surface area (Å²) >= 11 is 0. The molecule has 2 atom stereocenters. The highest BCUT2D eigenvalue weighted by molar-refractivity contribution is 5.81. The molecule has 78 valence electrons. The van der Waals surface area contributed by atoms with E-state index in [0.29, 0.717) is 0 Å². The fourth-order valence-corrected chi connectivity index (χ4v) is 0.965. The number of aliphatic hydroxyl groups is 1. The van der Waals surface area contributed by atoms with Crippen molar-refractivity contribution in [3.8, 4) is 0 Å². The number of rotatable bonds is 5. The summed E-state index contributed by atoms with van der Waals surface area (Å²) in [4.78, 5) is 11.3. The van der Waals surface area contributed by atoms with Gasteiger partial charge in [0.2, 0.25) is 5.91 Å². The first-order valence-electron chi connectivity index (χ1n) is 4.64. The first kappa shape index (κ1) is 12.4. The molecule has 0 heterocycles. The van der Waals surface area contributed by atoms with E-state index >= 15 is 0 Å². The van der Waals surface area contributed by atoms with E-state index in [9.17, 15) is 4.79 Å². The summed E-state index contributed by atoms with van der Waals surface area (Å²) in [5.74, 6) is -0.0321. The number of amides is 1. The SMILES string of the molecule is CC(C)NC(=O)C(C)NC(C)CO. The molecule has 13 heavy (non-hydrogen) atoms. The number of carbonyl (C=O) groups excluding carboxylic acids is 1. The van der Waals surface area contributed by atoms with Gasteiger partial charge in [0.1, 0.15) is 0 Å². The van der Waals surface area contributed by atoms with Crippen LogP contribution in [0.15, 0.2) is 0 Å². The molecule has 2 unspecified atom stereocenters. The molecular formula is C9H20N2O2. The third kappa shape index (κ3) is 5.60. The van der Waals surface area contributed by atoms with Crippen molar-refractivity contribution in [3.05, 3.63) is 0 Å². The standard InChI is InChI=1S/C9H20N2O2/c1-6(2)10-9(13)8(4)11-7(3)5-12/h6-8,11-12H,5H2,1-4H3,(H,10,13). The zero-order valence-electron chi connectivity index (χ0n) is 8.79. The van der Waals surface area contributed by atoms with Crippen molar-refractivity contribution >= 4 is 5.91 Å². The molecule has 0 fully saturated rings. The van der Waals surface area contributed by atoms with Crippen molar-refractivity contribution < 1.29 is 9.90 Å². The molecular weight excluding hydrogens is 168 g/mol. The third-order valence-electron chi connectivity index (χ3n) is 1.63. The number of carbonyl (C=O) groups is 1. The number of hydrogen-bond donors (Lipinski definition) is 3. The van der Waals surface area contributed by atoms with Crippen molar-refractivity contribution in [3.63, 3.8) is 0 Å². The van der Waals surface area contributed by atoms with Gasteiger partial charge in [-0.05, 0) is 27.7 Å². The molecule has 0 aromatic carbocycles. The van der Waals surface area contributed by atoms with E-state index in [-0.39, 0.29) is 30.6 Å². The molecule has 0 saturated carbocycles. The van der Waals surface area contributed by atoms with Gasteiger partial charge in [0, 0.05) is 12.1 Å². The predicted octanol–water partition coefficient (Wildman–Crippen LogP) is -0.130. The molecule has 4 heteroatoms. The zero-order valence-corrected chi connectivity index (χ0v) is 8.79. The van der Waals surface area contributed by atoms with Gasteiger partial charge >= 0.3 is 0 Å². The molecule has 1 amide bonds. The normalized spacial score (nSPS) is 15.5. The van der Waals surface area contributed by atoms with Crippen LogP contribution in [0.3, 0.4) is 0 Å². The van der Waals surface area contributed by atoms with Crippen molar-refractivity contribution in [2.24, 2.45) is 0 Å². The Bertz CT molecular complexity index is 160. The average molecular weight is 188 g/mol. The lowest BCUT2D eigenvalue weighted by Gasteiger charge is -2.19. The van der Waals surface area contributed by atoms with Crippen LogP contribution >= 0.6 is 0 Å². The summed E-state index contributed by atoms with van der Waals surface area (Å²) in [5.41, 5.74) is 0. The number of nitrogens with one attached hydrogen (secondary N) is 2. The first-order chi connectivity index (χ1) is 5.97. The van der Waals surface area contributed by atoms with Crippen LogP contribution in [0.4, 0.5) is 0 Å². The fourth-order valence-electron chi connectivity index (χ4n) is 0.965. The smallest absolute Gasteiger partial charge is 0.237 e. The monoisotopic (exact) mass is 188 g/mol. The Balaban J connectivity index is 3.82. The average Bonchev–Trinajstić information content (AvgIpc) is 2.02. The summed E-state index contributed by atoms with van der Waals surface area (Å²) in [6.45, 7) is 7.49. The van der Waals surface area contributed by atoms with Crippen LogP contribution in [0.5, 0.6) is 0 Å². The Morgan fingerprint density at radius 3 is 2.23 bits per heavy atom. The van der Waals surface area contributed by atoms with Gasteiger partial charge in [-0.15, -0.1) is 0 Å². The zero-order chi connectivity index (χ0) is 10.4. The molecule has 0 aliphatic rings. The Morgan fingerprint density at radius 2 is 1.85 bits per heavy atom. The molecule has 0 rings (SSSR count). The highest BCUT2D eigenvalue weighted by Gasteiger charge is 2.14. The fraction of sp³-hybridized carbons (Fsp3) is 0.889. The van der Waals surface area contributed by atoms with E-state index in [2.05, 4.69) is 10.6 Å². The molecule has 0 aliphatic heterocycles. The molecule has 0 aromatic rings.